The average molecular weight is 298 g/mol. The van der Waals surface area contributed by atoms with Gasteiger partial charge in [0.25, 0.3) is 0 Å². The van der Waals surface area contributed by atoms with E-state index < -0.39 is 10.0 Å². The van der Waals surface area contributed by atoms with E-state index in [9.17, 15) is 8.42 Å². The first-order chi connectivity index (χ1) is 9.61. The monoisotopic (exact) mass is 298 g/mol. The molecule has 1 N–H and O–H groups in total. The van der Waals surface area contributed by atoms with E-state index in [1.54, 1.807) is 19.2 Å². The van der Waals surface area contributed by atoms with Crippen LogP contribution in [-0.4, -0.2) is 41.9 Å². The van der Waals surface area contributed by atoms with Crippen molar-refractivity contribution in [2.45, 2.75) is 11.3 Å². The molecule has 0 aromatic heterocycles. The maximum Gasteiger partial charge on any atom is 0.241 e. The number of sulfonamides is 1. The maximum atomic E-state index is 12.0. The molecule has 0 saturated carbocycles. The predicted octanol–water partition coefficient (Wildman–Crippen LogP) is 0.890. The number of hydrogen-bond acceptors (Lipinski definition) is 5. The Labute approximate surface area is 119 Å². The number of rotatable bonds is 9. The van der Waals surface area contributed by atoms with Crippen molar-refractivity contribution in [3.8, 4) is 6.07 Å². The van der Waals surface area contributed by atoms with Gasteiger partial charge in [0.05, 0.1) is 23.7 Å². The number of nitrogens with one attached hydrogen (secondary N) is 1. The summed E-state index contributed by atoms with van der Waals surface area (Å²) < 4.78 is 36.5. The van der Waals surface area contributed by atoms with Gasteiger partial charge >= 0.3 is 0 Å². The molecule has 0 bridgehead atoms. The van der Waals surface area contributed by atoms with Crippen LogP contribution in [0.5, 0.6) is 0 Å². The van der Waals surface area contributed by atoms with E-state index >= 15 is 0 Å². The Morgan fingerprint density at radius 3 is 2.70 bits per heavy atom. The molecule has 0 amide bonds. The molecular weight excluding hydrogens is 280 g/mol. The van der Waals surface area contributed by atoms with Crippen molar-refractivity contribution in [3.63, 3.8) is 0 Å². The Morgan fingerprint density at radius 1 is 1.25 bits per heavy atom. The molecule has 110 valence electrons. The lowest BCUT2D eigenvalue weighted by atomic mass is 10.2. The highest BCUT2D eigenvalue weighted by molar-refractivity contribution is 7.89. The standard InChI is InChI=1S/C13H18N2O4S/c1-18-9-10-19-8-4-7-15-20(16,17)13-6-3-2-5-12(13)11-14/h2-3,5-6,15H,4,7-10H2,1H3. The maximum absolute atomic E-state index is 12.0. The zero-order valence-corrected chi connectivity index (χ0v) is 12.1. The van der Waals surface area contributed by atoms with Gasteiger partial charge in [0.15, 0.2) is 0 Å². The van der Waals surface area contributed by atoms with Crippen molar-refractivity contribution in [2.75, 3.05) is 33.5 Å². The Morgan fingerprint density at radius 2 is 2.00 bits per heavy atom. The molecule has 20 heavy (non-hydrogen) atoms. The zero-order valence-electron chi connectivity index (χ0n) is 11.3. The fourth-order valence-electron chi connectivity index (χ4n) is 1.50. The number of nitriles is 1. The Balaban J connectivity index is 2.45. The van der Waals surface area contributed by atoms with Gasteiger partial charge in [-0.3, -0.25) is 0 Å². The van der Waals surface area contributed by atoms with Crippen LogP contribution in [0.3, 0.4) is 0 Å². The van der Waals surface area contributed by atoms with Crippen molar-refractivity contribution in [2.24, 2.45) is 0 Å². The summed E-state index contributed by atoms with van der Waals surface area (Å²) in [4.78, 5) is 0.00259. The van der Waals surface area contributed by atoms with E-state index in [0.29, 0.717) is 26.2 Å². The Hall–Kier alpha value is -1.46. The van der Waals surface area contributed by atoms with Gasteiger partial charge < -0.3 is 9.47 Å². The first-order valence-electron chi connectivity index (χ1n) is 6.17. The Kier molecular flexibility index (Phi) is 7.18. The third kappa shape index (κ3) is 5.27. The van der Waals surface area contributed by atoms with E-state index in [4.69, 9.17) is 14.7 Å². The van der Waals surface area contributed by atoms with E-state index in [1.165, 1.54) is 12.1 Å². The first kappa shape index (κ1) is 16.6. The second kappa shape index (κ2) is 8.66. The molecule has 7 heteroatoms. The lowest BCUT2D eigenvalue weighted by Crippen LogP contribution is -2.26. The molecule has 0 aliphatic rings. The van der Waals surface area contributed by atoms with Crippen LogP contribution in [0.2, 0.25) is 0 Å². The summed E-state index contributed by atoms with van der Waals surface area (Å²) in [6.45, 7) is 1.71. The minimum atomic E-state index is -3.65. The average Bonchev–Trinajstić information content (AvgIpc) is 2.46. The zero-order chi connectivity index (χ0) is 14.8. The van der Waals surface area contributed by atoms with Gasteiger partial charge in [-0.1, -0.05) is 12.1 Å². The van der Waals surface area contributed by atoms with Crippen molar-refractivity contribution in [1.29, 1.82) is 5.26 Å². The van der Waals surface area contributed by atoms with Crippen LogP contribution in [0.15, 0.2) is 29.2 Å². The number of nitrogens with zero attached hydrogens (tertiary/aromatic N) is 1. The van der Waals surface area contributed by atoms with Crippen molar-refractivity contribution < 1.29 is 17.9 Å². The summed E-state index contributed by atoms with van der Waals surface area (Å²) in [5.41, 5.74) is 0.136. The first-order valence-corrected chi connectivity index (χ1v) is 7.65. The molecule has 0 aliphatic heterocycles. The van der Waals surface area contributed by atoms with Gasteiger partial charge in [-0.25, -0.2) is 13.1 Å². The molecule has 0 aliphatic carbocycles. The molecule has 1 aromatic rings. The van der Waals surface area contributed by atoms with Crippen LogP contribution < -0.4 is 4.72 Å². The smallest absolute Gasteiger partial charge is 0.241 e. The molecule has 1 aromatic carbocycles. The summed E-state index contributed by atoms with van der Waals surface area (Å²) >= 11 is 0. The van der Waals surface area contributed by atoms with Gasteiger partial charge in [0.1, 0.15) is 6.07 Å². The quantitative estimate of drug-likeness (QED) is 0.684. The molecule has 1 rings (SSSR count). The van der Waals surface area contributed by atoms with Crippen LogP contribution in [0.1, 0.15) is 12.0 Å². The topological polar surface area (TPSA) is 88.4 Å². The SMILES string of the molecule is COCCOCCCNS(=O)(=O)c1ccccc1C#N. The number of ether oxygens (including phenoxy) is 2. The largest absolute Gasteiger partial charge is 0.382 e. The molecule has 0 spiro atoms. The van der Waals surface area contributed by atoms with Crippen molar-refractivity contribution in [3.05, 3.63) is 29.8 Å². The van der Waals surface area contributed by atoms with Crippen LogP contribution in [0, 0.1) is 11.3 Å². The summed E-state index contributed by atoms with van der Waals surface area (Å²) in [5, 5.41) is 8.90. The molecule has 0 atom stereocenters. The third-order valence-corrected chi connectivity index (χ3v) is 4.01. The minimum Gasteiger partial charge on any atom is -0.382 e. The van der Waals surface area contributed by atoms with E-state index in [0.717, 1.165) is 0 Å². The number of benzene rings is 1. The molecule has 0 heterocycles. The van der Waals surface area contributed by atoms with Gasteiger partial charge in [-0.15, -0.1) is 0 Å². The number of methoxy groups -OCH3 is 1. The fraction of sp³-hybridized carbons (Fsp3) is 0.462. The summed E-state index contributed by atoms with van der Waals surface area (Å²) in [6, 6.07) is 7.97. The highest BCUT2D eigenvalue weighted by Gasteiger charge is 2.17. The third-order valence-electron chi connectivity index (χ3n) is 2.49. The van der Waals surface area contributed by atoms with E-state index in [-0.39, 0.29) is 17.0 Å². The summed E-state index contributed by atoms with van der Waals surface area (Å²) in [6.07, 6.45) is 0.553. The number of hydrogen-bond donors (Lipinski definition) is 1. The molecule has 0 radical (unpaired) electrons. The highest BCUT2D eigenvalue weighted by atomic mass is 32.2. The van der Waals surface area contributed by atoms with Crippen LogP contribution >= 0.6 is 0 Å². The second-order valence-corrected chi connectivity index (χ2v) is 5.70. The van der Waals surface area contributed by atoms with E-state index in [2.05, 4.69) is 4.72 Å². The second-order valence-electron chi connectivity index (χ2n) is 3.96. The lowest BCUT2D eigenvalue weighted by molar-refractivity contribution is 0.0699. The molecule has 6 nitrogen and oxygen atoms in total. The minimum absolute atomic E-state index is 0.00259. The molecule has 0 fully saturated rings. The molecule has 0 saturated heterocycles. The fourth-order valence-corrected chi connectivity index (χ4v) is 2.73. The van der Waals surface area contributed by atoms with Crippen LogP contribution in [0.4, 0.5) is 0 Å². The summed E-state index contributed by atoms with van der Waals surface area (Å²) in [5.74, 6) is 0. The van der Waals surface area contributed by atoms with Gasteiger partial charge in [-0.05, 0) is 18.6 Å². The highest BCUT2D eigenvalue weighted by Crippen LogP contribution is 2.13. The predicted molar refractivity (Wildman–Crippen MR) is 73.7 cm³/mol. The molecular formula is C13H18N2O4S. The molecule has 0 unspecified atom stereocenters. The van der Waals surface area contributed by atoms with Crippen molar-refractivity contribution >= 4 is 10.0 Å². The van der Waals surface area contributed by atoms with Gasteiger partial charge in [-0.2, -0.15) is 5.26 Å². The Bertz CT molecular complexity index is 552. The van der Waals surface area contributed by atoms with E-state index in [1.807, 2.05) is 6.07 Å². The normalized spacial score (nSPS) is 11.2. The van der Waals surface area contributed by atoms with Crippen molar-refractivity contribution in [1.82, 2.24) is 4.72 Å². The summed E-state index contributed by atoms with van der Waals surface area (Å²) in [7, 11) is -2.07. The van der Waals surface area contributed by atoms with Crippen LogP contribution in [0.25, 0.3) is 0 Å². The van der Waals surface area contributed by atoms with Gasteiger partial charge in [0.2, 0.25) is 10.0 Å². The van der Waals surface area contributed by atoms with Gasteiger partial charge in [0, 0.05) is 20.3 Å². The van der Waals surface area contributed by atoms with Crippen LogP contribution in [-0.2, 0) is 19.5 Å². The lowest BCUT2D eigenvalue weighted by Gasteiger charge is -2.08.